The molecule has 158 valence electrons. The van der Waals surface area contributed by atoms with E-state index in [0.29, 0.717) is 33.1 Å². The van der Waals surface area contributed by atoms with Gasteiger partial charge in [-0.05, 0) is 24.3 Å². The SMILES string of the molecule is O=C(COc1ccc(Cl)cc1Cl)NCCOc1ccc2nnc(-c3ccccc3)n2n1. The molecule has 2 aromatic carbocycles. The van der Waals surface area contributed by atoms with Gasteiger partial charge in [-0.25, -0.2) is 0 Å². The Morgan fingerprint density at radius 2 is 1.84 bits per heavy atom. The van der Waals surface area contributed by atoms with Crippen molar-refractivity contribution in [3.63, 3.8) is 0 Å². The van der Waals surface area contributed by atoms with Crippen molar-refractivity contribution in [3.05, 3.63) is 70.7 Å². The van der Waals surface area contributed by atoms with Gasteiger partial charge >= 0.3 is 0 Å². The number of hydrogen-bond donors (Lipinski definition) is 1. The van der Waals surface area contributed by atoms with Crippen molar-refractivity contribution >= 4 is 34.8 Å². The molecule has 31 heavy (non-hydrogen) atoms. The van der Waals surface area contributed by atoms with Gasteiger partial charge < -0.3 is 14.8 Å². The molecule has 0 fully saturated rings. The van der Waals surface area contributed by atoms with Crippen LogP contribution in [0.1, 0.15) is 0 Å². The van der Waals surface area contributed by atoms with Gasteiger partial charge in [-0.2, -0.15) is 4.52 Å². The van der Waals surface area contributed by atoms with Gasteiger partial charge in [-0.1, -0.05) is 53.5 Å². The van der Waals surface area contributed by atoms with E-state index in [4.69, 9.17) is 32.7 Å². The molecule has 0 radical (unpaired) electrons. The topological polar surface area (TPSA) is 90.6 Å². The highest BCUT2D eigenvalue weighted by Gasteiger charge is 2.10. The van der Waals surface area contributed by atoms with E-state index in [9.17, 15) is 4.79 Å². The molecule has 4 rings (SSSR count). The van der Waals surface area contributed by atoms with Crippen molar-refractivity contribution in [3.8, 4) is 23.0 Å². The summed E-state index contributed by atoms with van der Waals surface area (Å²) >= 11 is 11.8. The lowest BCUT2D eigenvalue weighted by Gasteiger charge is -2.10. The van der Waals surface area contributed by atoms with Crippen LogP contribution < -0.4 is 14.8 Å². The minimum Gasteiger partial charge on any atom is -0.482 e. The molecular weight excluding hydrogens is 441 g/mol. The summed E-state index contributed by atoms with van der Waals surface area (Å²) < 4.78 is 12.6. The van der Waals surface area contributed by atoms with E-state index in [1.807, 2.05) is 30.3 Å². The lowest BCUT2D eigenvalue weighted by molar-refractivity contribution is -0.123. The van der Waals surface area contributed by atoms with Gasteiger partial charge in [-0.15, -0.1) is 15.3 Å². The largest absolute Gasteiger partial charge is 0.482 e. The molecule has 1 N–H and O–H groups in total. The van der Waals surface area contributed by atoms with Crippen LogP contribution in [0.15, 0.2) is 60.7 Å². The number of amides is 1. The van der Waals surface area contributed by atoms with E-state index in [1.165, 1.54) is 0 Å². The average Bonchev–Trinajstić information content (AvgIpc) is 3.20. The Balaban J connectivity index is 1.28. The summed E-state index contributed by atoms with van der Waals surface area (Å²) in [5.41, 5.74) is 1.50. The Morgan fingerprint density at radius 1 is 1.00 bits per heavy atom. The second kappa shape index (κ2) is 9.63. The van der Waals surface area contributed by atoms with Crippen LogP contribution >= 0.6 is 23.2 Å². The third kappa shape index (κ3) is 5.22. The summed E-state index contributed by atoms with van der Waals surface area (Å²) in [6.07, 6.45) is 0. The summed E-state index contributed by atoms with van der Waals surface area (Å²) in [5, 5.41) is 16.3. The molecule has 8 nitrogen and oxygen atoms in total. The smallest absolute Gasteiger partial charge is 0.258 e. The Bertz CT molecular complexity index is 1200. The van der Waals surface area contributed by atoms with Gasteiger partial charge in [0.05, 0.1) is 11.6 Å². The maximum absolute atomic E-state index is 12.0. The molecule has 0 bridgehead atoms. The molecule has 0 aliphatic rings. The van der Waals surface area contributed by atoms with E-state index >= 15 is 0 Å². The standard InChI is InChI=1S/C21H17Cl2N5O3/c22-15-6-7-17(16(23)12-15)31-13-19(29)24-10-11-30-20-9-8-18-25-26-21(28(18)27-20)14-4-2-1-3-5-14/h1-9,12H,10-11,13H2,(H,24,29). The molecule has 0 spiro atoms. The number of nitrogens with zero attached hydrogens (tertiary/aromatic N) is 4. The molecule has 4 aromatic rings. The molecule has 0 aliphatic carbocycles. The van der Waals surface area contributed by atoms with Crippen LogP contribution in [0.3, 0.4) is 0 Å². The van der Waals surface area contributed by atoms with E-state index in [0.717, 1.165) is 5.56 Å². The maximum Gasteiger partial charge on any atom is 0.258 e. The molecule has 0 unspecified atom stereocenters. The van der Waals surface area contributed by atoms with Gasteiger partial charge in [0.1, 0.15) is 12.4 Å². The van der Waals surface area contributed by atoms with Crippen molar-refractivity contribution in [1.29, 1.82) is 0 Å². The van der Waals surface area contributed by atoms with E-state index in [-0.39, 0.29) is 25.7 Å². The maximum atomic E-state index is 12.0. The number of nitrogens with one attached hydrogen (secondary N) is 1. The normalized spacial score (nSPS) is 10.8. The molecule has 2 aromatic heterocycles. The van der Waals surface area contributed by atoms with Crippen molar-refractivity contribution in [2.24, 2.45) is 0 Å². The van der Waals surface area contributed by atoms with Gasteiger partial charge in [0, 0.05) is 16.7 Å². The fourth-order valence-corrected chi connectivity index (χ4v) is 3.21. The second-order valence-corrected chi connectivity index (χ2v) is 7.24. The second-order valence-electron chi connectivity index (χ2n) is 6.39. The zero-order chi connectivity index (χ0) is 21.6. The van der Waals surface area contributed by atoms with Crippen LogP contribution in [0.2, 0.25) is 10.0 Å². The quantitative estimate of drug-likeness (QED) is 0.406. The highest BCUT2D eigenvalue weighted by Crippen LogP contribution is 2.27. The minimum absolute atomic E-state index is 0.174. The molecule has 2 heterocycles. The van der Waals surface area contributed by atoms with Crippen molar-refractivity contribution in [2.75, 3.05) is 19.8 Å². The van der Waals surface area contributed by atoms with E-state index in [2.05, 4.69) is 20.6 Å². The summed E-state index contributed by atoms with van der Waals surface area (Å²) in [5.74, 6) is 1.09. The zero-order valence-corrected chi connectivity index (χ0v) is 17.7. The lowest BCUT2D eigenvalue weighted by Crippen LogP contribution is -2.32. The number of hydrogen-bond acceptors (Lipinski definition) is 6. The number of carbonyl (C=O) groups excluding carboxylic acids is 1. The summed E-state index contributed by atoms with van der Waals surface area (Å²) in [6.45, 7) is 0.339. The predicted molar refractivity (Wildman–Crippen MR) is 117 cm³/mol. The average molecular weight is 458 g/mol. The fraction of sp³-hybridized carbons (Fsp3) is 0.143. The fourth-order valence-electron chi connectivity index (χ4n) is 2.75. The van der Waals surface area contributed by atoms with Crippen LogP contribution in [0, 0.1) is 0 Å². The molecular formula is C21H17Cl2N5O3. The Labute approximate surface area is 187 Å². The third-order valence-electron chi connectivity index (χ3n) is 4.20. The number of aromatic nitrogens is 4. The Hall–Kier alpha value is -3.36. The Kier molecular flexibility index (Phi) is 6.49. The number of ether oxygens (including phenoxy) is 2. The number of fused-ring (bicyclic) bond motifs is 1. The minimum atomic E-state index is -0.303. The molecule has 0 aliphatic heterocycles. The van der Waals surface area contributed by atoms with Crippen LogP contribution in [-0.2, 0) is 4.79 Å². The van der Waals surface area contributed by atoms with Crippen LogP contribution in [0.25, 0.3) is 17.0 Å². The monoisotopic (exact) mass is 457 g/mol. The van der Waals surface area contributed by atoms with Crippen molar-refractivity contribution in [2.45, 2.75) is 0 Å². The van der Waals surface area contributed by atoms with Crippen LogP contribution in [0.4, 0.5) is 0 Å². The summed E-state index contributed by atoms with van der Waals surface area (Å²) in [6, 6.07) is 17.9. The molecule has 10 heteroatoms. The van der Waals surface area contributed by atoms with E-state index in [1.54, 1.807) is 34.8 Å². The van der Waals surface area contributed by atoms with Gasteiger partial charge in [0.15, 0.2) is 18.1 Å². The lowest BCUT2D eigenvalue weighted by atomic mass is 10.2. The van der Waals surface area contributed by atoms with Crippen LogP contribution in [0.5, 0.6) is 11.6 Å². The number of rotatable bonds is 8. The molecule has 0 atom stereocenters. The third-order valence-corrected chi connectivity index (χ3v) is 4.73. The number of benzene rings is 2. The first-order valence-electron chi connectivity index (χ1n) is 9.35. The molecule has 0 saturated carbocycles. The van der Waals surface area contributed by atoms with Crippen molar-refractivity contribution in [1.82, 2.24) is 25.1 Å². The Morgan fingerprint density at radius 3 is 2.65 bits per heavy atom. The molecule has 0 saturated heterocycles. The number of carbonyl (C=O) groups is 1. The predicted octanol–water partition coefficient (Wildman–Crippen LogP) is 3.67. The summed E-state index contributed by atoms with van der Waals surface area (Å²) in [7, 11) is 0. The highest BCUT2D eigenvalue weighted by atomic mass is 35.5. The van der Waals surface area contributed by atoms with Gasteiger partial charge in [0.25, 0.3) is 5.91 Å². The first-order chi connectivity index (χ1) is 15.1. The molecule has 1 amide bonds. The van der Waals surface area contributed by atoms with Crippen LogP contribution in [-0.4, -0.2) is 45.5 Å². The van der Waals surface area contributed by atoms with Gasteiger partial charge in [-0.3, -0.25) is 4.79 Å². The first kappa shape index (κ1) is 20.9. The van der Waals surface area contributed by atoms with Gasteiger partial charge in [0.2, 0.25) is 5.88 Å². The number of halogens is 2. The summed E-state index contributed by atoms with van der Waals surface area (Å²) in [4.78, 5) is 12.0. The van der Waals surface area contributed by atoms with E-state index < -0.39 is 0 Å². The first-order valence-corrected chi connectivity index (χ1v) is 10.1. The highest BCUT2D eigenvalue weighted by molar-refractivity contribution is 6.35. The zero-order valence-electron chi connectivity index (χ0n) is 16.2. The van der Waals surface area contributed by atoms with Crippen molar-refractivity contribution < 1.29 is 14.3 Å².